The van der Waals surface area contributed by atoms with Gasteiger partial charge in [-0.2, -0.15) is 4.31 Å². The van der Waals surface area contributed by atoms with E-state index >= 15 is 0 Å². The van der Waals surface area contributed by atoms with E-state index in [9.17, 15) is 53.7 Å². The molecule has 4 unspecified atom stereocenters. The molecule has 1 aromatic heterocycles. The van der Waals surface area contributed by atoms with Crippen molar-refractivity contribution in [1.82, 2.24) is 14.9 Å². The lowest BCUT2D eigenvalue weighted by Gasteiger charge is -2.40. The first kappa shape index (κ1) is 31.7. The van der Waals surface area contributed by atoms with E-state index in [0.717, 1.165) is 11.5 Å². The summed E-state index contributed by atoms with van der Waals surface area (Å²) in [6.07, 6.45) is -12.1. The Kier molecular flexibility index (Phi) is 10.0. The smallest absolute Gasteiger partial charge is 0.390 e. The highest BCUT2D eigenvalue weighted by Gasteiger charge is 2.49. The van der Waals surface area contributed by atoms with Gasteiger partial charge in [-0.15, -0.1) is 0 Å². The number of rotatable bonds is 10. The number of aromatic amines is 1. The Morgan fingerprint density at radius 1 is 1.10 bits per heavy atom. The van der Waals surface area contributed by atoms with Gasteiger partial charge in [-0.05, 0) is 6.92 Å². The number of hydrogen-bond acceptors (Lipinski definition) is 14. The number of ether oxygens (including phenoxy) is 2. The van der Waals surface area contributed by atoms with E-state index < -0.39 is 95.1 Å². The molecule has 2 saturated heterocycles. The third-order valence-corrected chi connectivity index (χ3v) is 8.33. The zero-order valence-corrected chi connectivity index (χ0v) is 22.2. The Balaban J connectivity index is 1.59. The van der Waals surface area contributed by atoms with Crippen LogP contribution in [0.5, 0.6) is 0 Å². The van der Waals surface area contributed by atoms with Crippen LogP contribution < -0.4 is 16.6 Å². The Morgan fingerprint density at radius 2 is 1.77 bits per heavy atom. The SMILES string of the molecule is CC(=O)NC[C@H]1OC(OP(=O)(O)OP(=O)(O)OC[C@H]2OC(n3cc(C)c(=O)[nH]c3=O)C[C@@H]2O)[C@H](O)[C@@H](O)[C@@H]1O. The predicted molar refractivity (Wildman–Crippen MR) is 124 cm³/mol. The number of nitrogens with zero attached hydrogens (tertiary/aromatic N) is 1. The number of aliphatic hydroxyl groups excluding tert-OH is 4. The molecule has 10 atom stereocenters. The molecule has 0 radical (unpaired) electrons. The lowest BCUT2D eigenvalue weighted by Crippen LogP contribution is -2.60. The highest BCUT2D eigenvalue weighted by Crippen LogP contribution is 2.61. The number of aliphatic hydroxyl groups is 4. The first-order valence-corrected chi connectivity index (χ1v) is 14.3. The maximum Gasteiger partial charge on any atom is 0.483 e. The third-order valence-electron chi connectivity index (χ3n) is 5.73. The van der Waals surface area contributed by atoms with Crippen LogP contribution in [0.4, 0.5) is 0 Å². The molecular formula is C18H29N3O16P2. The zero-order chi connectivity index (χ0) is 29.3. The van der Waals surface area contributed by atoms with Gasteiger partial charge in [0, 0.05) is 31.6 Å². The molecule has 3 rings (SSSR count). The Bertz CT molecular complexity index is 1250. The second kappa shape index (κ2) is 12.4. The van der Waals surface area contributed by atoms with Gasteiger partial charge in [0.1, 0.15) is 36.7 Å². The second-order valence-electron chi connectivity index (χ2n) is 8.78. The summed E-state index contributed by atoms with van der Waals surface area (Å²) in [6, 6.07) is 0. The number of phosphoric ester groups is 2. The van der Waals surface area contributed by atoms with Crippen LogP contribution in [-0.4, -0.2) is 102 Å². The summed E-state index contributed by atoms with van der Waals surface area (Å²) in [4.78, 5) is 56.6. The number of carbonyl (C=O) groups is 1. The molecule has 39 heavy (non-hydrogen) atoms. The predicted octanol–water partition coefficient (Wildman–Crippen LogP) is -3.31. The summed E-state index contributed by atoms with van der Waals surface area (Å²) in [7, 11) is -11.0. The largest absolute Gasteiger partial charge is 0.483 e. The number of aryl methyl sites for hydroxylation is 1. The first-order valence-electron chi connectivity index (χ1n) is 11.3. The second-order valence-corrected chi connectivity index (χ2v) is 11.8. The van der Waals surface area contributed by atoms with Crippen LogP contribution in [0.25, 0.3) is 0 Å². The van der Waals surface area contributed by atoms with Crippen LogP contribution in [0.2, 0.25) is 0 Å². The molecule has 0 aliphatic carbocycles. The van der Waals surface area contributed by atoms with E-state index in [1.54, 1.807) is 0 Å². The minimum atomic E-state index is -5.57. The van der Waals surface area contributed by atoms with Gasteiger partial charge in [-0.1, -0.05) is 0 Å². The fourth-order valence-corrected chi connectivity index (χ4v) is 5.88. The number of H-pyrrole nitrogens is 1. The summed E-state index contributed by atoms with van der Waals surface area (Å²) in [5.41, 5.74) is -1.28. The van der Waals surface area contributed by atoms with E-state index in [2.05, 4.69) is 23.7 Å². The minimum Gasteiger partial charge on any atom is -0.390 e. The molecular weight excluding hydrogens is 576 g/mol. The van der Waals surface area contributed by atoms with Gasteiger partial charge in [0.15, 0.2) is 6.29 Å². The summed E-state index contributed by atoms with van der Waals surface area (Å²) in [5.74, 6) is -0.540. The molecule has 1 amide bonds. The van der Waals surface area contributed by atoms with Crippen molar-refractivity contribution in [3.05, 3.63) is 32.6 Å². The number of carbonyl (C=O) groups excluding carboxylic acids is 1. The van der Waals surface area contributed by atoms with Crippen molar-refractivity contribution in [2.75, 3.05) is 13.2 Å². The Labute approximate surface area is 219 Å². The molecule has 0 spiro atoms. The summed E-state index contributed by atoms with van der Waals surface area (Å²) in [6.45, 7) is 1.31. The molecule has 8 N–H and O–H groups in total. The molecule has 0 saturated carbocycles. The molecule has 2 aliphatic heterocycles. The fourth-order valence-electron chi connectivity index (χ4n) is 3.72. The minimum absolute atomic E-state index is 0.176. The average Bonchev–Trinajstić information content (AvgIpc) is 3.19. The van der Waals surface area contributed by atoms with E-state index in [1.165, 1.54) is 13.1 Å². The van der Waals surface area contributed by atoms with Crippen LogP contribution in [0.15, 0.2) is 15.8 Å². The Morgan fingerprint density at radius 3 is 2.41 bits per heavy atom. The van der Waals surface area contributed by atoms with Crippen molar-refractivity contribution in [2.24, 2.45) is 0 Å². The maximum atomic E-state index is 12.3. The molecule has 0 aromatic carbocycles. The van der Waals surface area contributed by atoms with Gasteiger partial charge in [-0.25, -0.2) is 13.9 Å². The van der Waals surface area contributed by atoms with E-state index in [-0.39, 0.29) is 12.0 Å². The quantitative estimate of drug-likeness (QED) is 0.121. The number of phosphoric acid groups is 2. The molecule has 222 valence electrons. The average molecular weight is 605 g/mol. The van der Waals surface area contributed by atoms with Gasteiger partial charge in [0.05, 0.1) is 12.7 Å². The number of hydrogen-bond donors (Lipinski definition) is 8. The molecule has 3 heterocycles. The van der Waals surface area contributed by atoms with Crippen molar-refractivity contribution in [3.8, 4) is 0 Å². The summed E-state index contributed by atoms with van der Waals surface area (Å²) in [5, 5.41) is 42.4. The monoisotopic (exact) mass is 605 g/mol. The van der Waals surface area contributed by atoms with Crippen LogP contribution in [0.1, 0.15) is 25.1 Å². The third kappa shape index (κ3) is 8.11. The number of aromatic nitrogens is 2. The summed E-state index contributed by atoms with van der Waals surface area (Å²) < 4.78 is 49.5. The van der Waals surface area contributed by atoms with Crippen molar-refractivity contribution in [2.45, 2.75) is 69.4 Å². The summed E-state index contributed by atoms with van der Waals surface area (Å²) >= 11 is 0. The van der Waals surface area contributed by atoms with Gasteiger partial charge in [0.25, 0.3) is 5.56 Å². The van der Waals surface area contributed by atoms with Crippen LogP contribution in [0, 0.1) is 6.92 Å². The maximum absolute atomic E-state index is 12.3. The highest BCUT2D eigenvalue weighted by atomic mass is 31.3. The van der Waals surface area contributed by atoms with Crippen molar-refractivity contribution in [3.63, 3.8) is 0 Å². The highest BCUT2D eigenvalue weighted by molar-refractivity contribution is 7.61. The number of amides is 1. The van der Waals surface area contributed by atoms with Gasteiger partial charge in [0.2, 0.25) is 5.91 Å². The van der Waals surface area contributed by atoms with Gasteiger partial charge >= 0.3 is 21.3 Å². The lowest BCUT2D eigenvalue weighted by molar-refractivity contribution is -0.273. The van der Waals surface area contributed by atoms with Gasteiger partial charge in [-0.3, -0.25) is 28.2 Å². The lowest BCUT2D eigenvalue weighted by atomic mass is 9.99. The standard InChI is InChI=1S/C18H29N3O16P2/c1-7-5-21(18(28)20-16(7)27)12-3-9(23)11(34-12)6-33-38(29,30)37-39(31,32)36-17-15(26)14(25)13(24)10(35-17)4-19-8(2)22/h5,9-15,17,23-26H,3-4,6H2,1-2H3,(H,19,22)(H,29,30)(H,31,32)(H,20,27,28)/t9-,10+,11+,12?,13+,14-,15+,17?/m0/s1. The van der Waals surface area contributed by atoms with E-state index in [0.29, 0.717) is 0 Å². The van der Waals surface area contributed by atoms with Crippen LogP contribution in [0.3, 0.4) is 0 Å². The molecule has 21 heteroatoms. The molecule has 0 bridgehead atoms. The van der Waals surface area contributed by atoms with Crippen molar-refractivity contribution >= 4 is 21.6 Å². The normalized spacial score (nSPS) is 34.3. The first-order chi connectivity index (χ1) is 18.0. The molecule has 19 nitrogen and oxygen atoms in total. The fraction of sp³-hybridized carbons (Fsp3) is 0.722. The van der Waals surface area contributed by atoms with Crippen molar-refractivity contribution < 1.29 is 67.0 Å². The molecule has 2 fully saturated rings. The number of nitrogens with one attached hydrogen (secondary N) is 2. The van der Waals surface area contributed by atoms with Gasteiger partial charge < -0.3 is 45.0 Å². The Hall–Kier alpha value is -1.83. The topological polar surface area (TPSA) is 286 Å². The van der Waals surface area contributed by atoms with E-state index in [4.69, 9.17) is 9.47 Å². The van der Waals surface area contributed by atoms with Crippen molar-refractivity contribution in [1.29, 1.82) is 0 Å². The zero-order valence-electron chi connectivity index (χ0n) is 20.4. The van der Waals surface area contributed by atoms with Crippen LogP contribution >= 0.6 is 15.6 Å². The molecule has 1 aromatic rings. The van der Waals surface area contributed by atoms with E-state index in [1.807, 2.05) is 0 Å². The molecule has 2 aliphatic rings. The van der Waals surface area contributed by atoms with Crippen LogP contribution in [-0.2, 0) is 36.8 Å².